The number of ether oxygens (including phenoxy) is 1. The minimum Gasteiger partial charge on any atom is -0.399 e. The first-order valence-corrected chi connectivity index (χ1v) is 10.1. The van der Waals surface area contributed by atoms with Gasteiger partial charge in [-0.25, -0.2) is 4.98 Å². The first-order valence-electron chi connectivity index (χ1n) is 10.1. The van der Waals surface area contributed by atoms with Gasteiger partial charge in [0.15, 0.2) is 5.60 Å². The molecular weight excluding hydrogens is 359 g/mol. The Kier molecular flexibility index (Phi) is 4.62. The van der Waals surface area contributed by atoms with Crippen molar-refractivity contribution in [3.05, 3.63) is 17.8 Å². The Balaban J connectivity index is 1.81. The third-order valence-electron chi connectivity index (χ3n) is 6.64. The van der Waals surface area contributed by atoms with E-state index in [9.17, 15) is 9.90 Å². The van der Waals surface area contributed by atoms with Crippen LogP contribution in [0.4, 0.5) is 5.82 Å². The maximum atomic E-state index is 13.3. The lowest BCUT2D eigenvalue weighted by Crippen LogP contribution is -2.48. The van der Waals surface area contributed by atoms with Gasteiger partial charge in [-0.05, 0) is 64.9 Å². The molecule has 28 heavy (non-hydrogen) atoms. The Morgan fingerprint density at radius 3 is 2.50 bits per heavy atom. The molecule has 1 amide bonds. The van der Waals surface area contributed by atoms with Gasteiger partial charge in [0.1, 0.15) is 12.0 Å². The number of rotatable bonds is 3. The molecule has 1 aromatic heterocycles. The molecule has 2 saturated heterocycles. The normalized spacial score (nSPS) is 31.4. The number of anilines is 1. The highest BCUT2D eigenvalue weighted by Gasteiger charge is 2.58. The van der Waals surface area contributed by atoms with Crippen LogP contribution >= 0.6 is 0 Å². The van der Waals surface area contributed by atoms with Crippen LogP contribution in [-0.2, 0) is 24.4 Å². The molecule has 7 nitrogen and oxygen atoms in total. The number of carbonyl (C=O) groups excluding carboxylic acids is 1. The summed E-state index contributed by atoms with van der Waals surface area (Å²) in [6, 6.07) is 1.78. The van der Waals surface area contributed by atoms with Gasteiger partial charge in [0.2, 0.25) is 0 Å². The SMILES string of the molecule is CCC1(O)C(=O)N(C2CCCCO2)c2nccc(B3OC(C)(C)C(C)(C)O3)c21. The fraction of sp³-hybridized carbons (Fsp3) is 0.700. The van der Waals surface area contributed by atoms with Gasteiger partial charge in [-0.2, -0.15) is 0 Å². The lowest BCUT2D eigenvalue weighted by atomic mass is 9.72. The third-order valence-corrected chi connectivity index (χ3v) is 6.64. The van der Waals surface area contributed by atoms with E-state index < -0.39 is 30.1 Å². The van der Waals surface area contributed by atoms with E-state index in [0.717, 1.165) is 19.3 Å². The van der Waals surface area contributed by atoms with Crippen molar-refractivity contribution in [3.8, 4) is 0 Å². The van der Waals surface area contributed by atoms with E-state index in [1.165, 1.54) is 4.90 Å². The van der Waals surface area contributed by atoms with Crippen LogP contribution in [0.1, 0.15) is 65.9 Å². The maximum Gasteiger partial charge on any atom is 0.495 e. The quantitative estimate of drug-likeness (QED) is 0.797. The van der Waals surface area contributed by atoms with Gasteiger partial charge in [0.05, 0.1) is 11.2 Å². The minimum atomic E-state index is -1.66. The summed E-state index contributed by atoms with van der Waals surface area (Å²) in [7, 11) is -0.681. The molecule has 0 radical (unpaired) electrons. The molecule has 1 N–H and O–H groups in total. The van der Waals surface area contributed by atoms with Crippen molar-refractivity contribution < 1.29 is 23.9 Å². The second kappa shape index (κ2) is 6.52. The molecule has 0 aromatic carbocycles. The molecule has 2 atom stereocenters. The fourth-order valence-corrected chi connectivity index (χ4v) is 4.16. The molecular formula is C20H29BN2O5. The number of aliphatic hydroxyl groups is 1. The van der Waals surface area contributed by atoms with Crippen molar-refractivity contribution in [2.24, 2.45) is 0 Å². The number of carbonyl (C=O) groups is 1. The molecule has 8 heteroatoms. The summed E-state index contributed by atoms with van der Waals surface area (Å²) in [6.45, 7) is 10.3. The van der Waals surface area contributed by atoms with Crippen molar-refractivity contribution in [3.63, 3.8) is 0 Å². The smallest absolute Gasteiger partial charge is 0.399 e. The van der Waals surface area contributed by atoms with Gasteiger partial charge in [-0.3, -0.25) is 9.69 Å². The molecule has 0 saturated carbocycles. The highest BCUT2D eigenvalue weighted by molar-refractivity contribution is 6.63. The Hall–Kier alpha value is -1.48. The van der Waals surface area contributed by atoms with Crippen LogP contribution in [0.25, 0.3) is 0 Å². The molecule has 4 rings (SSSR count). The lowest BCUT2D eigenvalue weighted by molar-refractivity contribution is -0.139. The molecule has 0 spiro atoms. The average molecular weight is 388 g/mol. The van der Waals surface area contributed by atoms with E-state index in [-0.39, 0.29) is 12.3 Å². The van der Waals surface area contributed by atoms with Gasteiger partial charge in [-0.1, -0.05) is 6.92 Å². The average Bonchev–Trinajstić information content (AvgIpc) is 3.02. The summed E-state index contributed by atoms with van der Waals surface area (Å²) >= 11 is 0. The van der Waals surface area contributed by atoms with Gasteiger partial charge >= 0.3 is 7.12 Å². The van der Waals surface area contributed by atoms with Crippen molar-refractivity contribution in [1.29, 1.82) is 0 Å². The van der Waals surface area contributed by atoms with E-state index in [1.54, 1.807) is 19.2 Å². The zero-order chi connectivity index (χ0) is 20.3. The Morgan fingerprint density at radius 2 is 1.93 bits per heavy atom. The van der Waals surface area contributed by atoms with Crippen LogP contribution in [0.5, 0.6) is 0 Å². The predicted molar refractivity (Wildman–Crippen MR) is 105 cm³/mol. The number of fused-ring (bicyclic) bond motifs is 1. The second-order valence-electron chi connectivity index (χ2n) is 8.90. The molecule has 0 bridgehead atoms. The molecule has 4 heterocycles. The first-order chi connectivity index (χ1) is 13.1. The zero-order valence-electron chi connectivity index (χ0n) is 17.3. The van der Waals surface area contributed by atoms with Crippen LogP contribution in [0.2, 0.25) is 0 Å². The van der Waals surface area contributed by atoms with Crippen molar-refractivity contribution in [2.45, 2.75) is 83.3 Å². The zero-order valence-corrected chi connectivity index (χ0v) is 17.3. The maximum absolute atomic E-state index is 13.3. The fourth-order valence-electron chi connectivity index (χ4n) is 4.16. The first kappa shape index (κ1) is 19.8. The van der Waals surface area contributed by atoms with Crippen molar-refractivity contribution >= 4 is 24.3 Å². The van der Waals surface area contributed by atoms with Crippen LogP contribution in [-0.4, -0.2) is 47.2 Å². The number of amides is 1. The van der Waals surface area contributed by atoms with Gasteiger partial charge in [0, 0.05) is 18.4 Å². The number of hydrogen-bond acceptors (Lipinski definition) is 6. The third kappa shape index (κ3) is 2.73. The number of nitrogens with zero attached hydrogens (tertiary/aromatic N) is 2. The monoisotopic (exact) mass is 388 g/mol. The van der Waals surface area contributed by atoms with E-state index in [2.05, 4.69) is 4.98 Å². The van der Waals surface area contributed by atoms with E-state index in [4.69, 9.17) is 14.0 Å². The predicted octanol–water partition coefficient (Wildman–Crippen LogP) is 1.85. The van der Waals surface area contributed by atoms with Crippen LogP contribution in [0.15, 0.2) is 12.3 Å². The summed E-state index contributed by atoms with van der Waals surface area (Å²) in [5.41, 5.74) is -1.57. The van der Waals surface area contributed by atoms with Crippen LogP contribution in [0, 0.1) is 0 Å². The molecule has 3 aliphatic heterocycles. The van der Waals surface area contributed by atoms with Gasteiger partial charge in [-0.15, -0.1) is 0 Å². The standard InChI is InChI=1S/C20H29BN2O5/c1-6-20(25)15-13(21-27-18(2,3)19(4,5)28-21)10-11-22-16(15)23(17(20)24)14-9-7-8-12-26-14/h10-11,14,25H,6-9,12H2,1-5H3. The number of pyridine rings is 1. The summed E-state index contributed by atoms with van der Waals surface area (Å²) in [6.07, 6.45) is 4.16. The largest absolute Gasteiger partial charge is 0.495 e. The summed E-state index contributed by atoms with van der Waals surface area (Å²) < 4.78 is 18.3. The summed E-state index contributed by atoms with van der Waals surface area (Å²) in [4.78, 5) is 19.3. The molecule has 152 valence electrons. The van der Waals surface area contributed by atoms with Gasteiger partial charge in [0.25, 0.3) is 5.91 Å². The molecule has 1 aromatic rings. The second-order valence-corrected chi connectivity index (χ2v) is 8.90. The Morgan fingerprint density at radius 1 is 1.25 bits per heavy atom. The molecule has 0 aliphatic carbocycles. The minimum absolute atomic E-state index is 0.236. The summed E-state index contributed by atoms with van der Waals surface area (Å²) in [5.74, 6) is 0.0711. The van der Waals surface area contributed by atoms with E-state index in [1.807, 2.05) is 27.7 Å². The van der Waals surface area contributed by atoms with E-state index in [0.29, 0.717) is 23.5 Å². The molecule has 2 fully saturated rings. The Bertz CT molecular complexity index is 777. The number of hydrogen-bond donors (Lipinski definition) is 1. The Labute approximate surface area is 166 Å². The highest BCUT2D eigenvalue weighted by atomic mass is 16.7. The molecule has 2 unspecified atom stereocenters. The summed E-state index contributed by atoms with van der Waals surface area (Å²) in [5, 5.41) is 11.4. The van der Waals surface area contributed by atoms with E-state index >= 15 is 0 Å². The number of aromatic nitrogens is 1. The lowest BCUT2D eigenvalue weighted by Gasteiger charge is -2.32. The van der Waals surface area contributed by atoms with Crippen LogP contribution in [0.3, 0.4) is 0 Å². The van der Waals surface area contributed by atoms with Crippen molar-refractivity contribution in [1.82, 2.24) is 4.98 Å². The van der Waals surface area contributed by atoms with Crippen molar-refractivity contribution in [2.75, 3.05) is 11.5 Å². The molecule has 3 aliphatic rings. The van der Waals surface area contributed by atoms with Gasteiger partial charge < -0.3 is 19.2 Å². The highest BCUT2D eigenvalue weighted by Crippen LogP contribution is 2.44. The topological polar surface area (TPSA) is 81.1 Å². The van der Waals surface area contributed by atoms with Crippen LogP contribution < -0.4 is 10.4 Å².